The van der Waals surface area contributed by atoms with Crippen molar-refractivity contribution in [2.24, 2.45) is 5.92 Å². The normalized spacial score (nSPS) is 22.7. The summed E-state index contributed by atoms with van der Waals surface area (Å²) in [5.74, 6) is 2.62. The summed E-state index contributed by atoms with van der Waals surface area (Å²) >= 11 is 0. The average Bonchev–Trinajstić information content (AvgIpc) is 3.50. The van der Waals surface area contributed by atoms with Crippen LogP contribution in [0.25, 0.3) is 0 Å². The molecule has 2 aliphatic heterocycles. The Morgan fingerprint density at radius 3 is 2.79 bits per heavy atom. The van der Waals surface area contributed by atoms with Crippen LogP contribution in [0.15, 0.2) is 42.5 Å². The molecule has 0 bridgehead atoms. The van der Waals surface area contributed by atoms with E-state index in [0.717, 1.165) is 25.7 Å². The second kappa shape index (κ2) is 9.83. The van der Waals surface area contributed by atoms with E-state index in [4.69, 9.17) is 18.9 Å². The zero-order valence-corrected chi connectivity index (χ0v) is 19.3. The lowest BCUT2D eigenvalue weighted by Gasteiger charge is -2.34. The van der Waals surface area contributed by atoms with Crippen LogP contribution in [0.5, 0.6) is 23.0 Å². The molecule has 1 N–H and O–H groups in total. The maximum Gasteiger partial charge on any atom is 0.258 e. The smallest absolute Gasteiger partial charge is 0.258 e. The Labute approximate surface area is 199 Å². The van der Waals surface area contributed by atoms with E-state index in [9.17, 15) is 9.59 Å². The van der Waals surface area contributed by atoms with Crippen LogP contribution in [-0.4, -0.2) is 55.9 Å². The Kier molecular flexibility index (Phi) is 6.47. The van der Waals surface area contributed by atoms with Crippen LogP contribution in [0.3, 0.4) is 0 Å². The van der Waals surface area contributed by atoms with Crippen molar-refractivity contribution in [1.82, 2.24) is 10.2 Å². The van der Waals surface area contributed by atoms with Crippen molar-refractivity contribution < 1.29 is 28.5 Å². The highest BCUT2D eigenvalue weighted by Crippen LogP contribution is 2.41. The molecule has 2 fully saturated rings. The number of para-hydroxylation sites is 1. The first-order valence-corrected chi connectivity index (χ1v) is 11.9. The molecule has 0 radical (unpaired) electrons. The van der Waals surface area contributed by atoms with Crippen LogP contribution < -0.4 is 24.3 Å². The van der Waals surface area contributed by atoms with Crippen molar-refractivity contribution in [3.8, 4) is 23.0 Å². The lowest BCUT2D eigenvalue weighted by molar-refractivity contribution is -0.125. The van der Waals surface area contributed by atoms with Crippen LogP contribution in [0, 0.1) is 5.92 Å². The van der Waals surface area contributed by atoms with E-state index < -0.39 is 6.04 Å². The first-order valence-electron chi connectivity index (χ1n) is 11.9. The molecule has 1 saturated heterocycles. The van der Waals surface area contributed by atoms with Gasteiger partial charge >= 0.3 is 0 Å². The number of nitrogens with zero attached hydrogens (tertiary/aromatic N) is 1. The summed E-state index contributed by atoms with van der Waals surface area (Å²) in [5, 5.41) is 2.98. The number of rotatable bonds is 7. The molecule has 2 aromatic carbocycles. The van der Waals surface area contributed by atoms with E-state index in [1.54, 1.807) is 31.4 Å². The molecule has 180 valence electrons. The third kappa shape index (κ3) is 4.36. The number of methoxy groups -OCH3 is 1. The summed E-state index contributed by atoms with van der Waals surface area (Å²) in [7, 11) is 1.56. The number of nitrogens with one attached hydrogen (secondary N) is 1. The van der Waals surface area contributed by atoms with Gasteiger partial charge in [-0.3, -0.25) is 9.59 Å². The number of ether oxygens (including phenoxy) is 4. The highest BCUT2D eigenvalue weighted by atomic mass is 16.7. The van der Waals surface area contributed by atoms with Gasteiger partial charge in [0.2, 0.25) is 12.7 Å². The van der Waals surface area contributed by atoms with Crippen molar-refractivity contribution in [3.05, 3.63) is 48.0 Å². The fraction of sp³-hybridized carbons (Fsp3) is 0.462. The maximum atomic E-state index is 13.6. The van der Waals surface area contributed by atoms with Crippen LogP contribution in [0.4, 0.5) is 0 Å². The van der Waals surface area contributed by atoms with E-state index in [1.807, 2.05) is 23.1 Å². The number of likely N-dealkylation sites (tertiary alicyclic amines) is 1. The molecule has 2 aromatic rings. The highest BCUT2D eigenvalue weighted by Gasteiger charge is 2.47. The summed E-state index contributed by atoms with van der Waals surface area (Å²) in [5.41, 5.74) is 0.500. The minimum Gasteiger partial charge on any atom is -0.496 e. The van der Waals surface area contributed by atoms with E-state index in [1.165, 1.54) is 0 Å². The molecule has 3 unspecified atom stereocenters. The van der Waals surface area contributed by atoms with E-state index in [-0.39, 0.29) is 24.6 Å². The molecule has 0 spiro atoms. The summed E-state index contributed by atoms with van der Waals surface area (Å²) in [4.78, 5) is 28.7. The van der Waals surface area contributed by atoms with Crippen LogP contribution in [0.2, 0.25) is 0 Å². The lowest BCUT2D eigenvalue weighted by Crippen LogP contribution is -2.50. The van der Waals surface area contributed by atoms with Crippen molar-refractivity contribution in [3.63, 3.8) is 0 Å². The van der Waals surface area contributed by atoms with Crippen molar-refractivity contribution in [2.45, 2.75) is 44.2 Å². The summed E-state index contributed by atoms with van der Waals surface area (Å²) in [6.07, 6.45) is 4.91. The van der Waals surface area contributed by atoms with Crippen molar-refractivity contribution >= 4 is 11.8 Å². The predicted molar refractivity (Wildman–Crippen MR) is 124 cm³/mol. The predicted octanol–water partition coefficient (Wildman–Crippen LogP) is 3.39. The van der Waals surface area contributed by atoms with Gasteiger partial charge in [-0.2, -0.15) is 0 Å². The van der Waals surface area contributed by atoms with Gasteiger partial charge in [0.05, 0.1) is 19.2 Å². The number of hydrogen-bond acceptors (Lipinski definition) is 6. The standard InChI is InChI=1S/C26H30N2O6/c1-31-22-9-5-3-7-19(22)26(30)28-20-8-4-2-6-17(20)14-21(28)25(29)27-12-13-32-18-10-11-23-24(15-18)34-16-33-23/h3,5,7,9-11,15,17,20-21H,2,4,6,8,12-14,16H2,1H3,(H,27,29). The van der Waals surface area contributed by atoms with Gasteiger partial charge in [0.15, 0.2) is 11.5 Å². The number of carbonyl (C=O) groups is 2. The van der Waals surface area contributed by atoms with Gasteiger partial charge in [-0.25, -0.2) is 0 Å². The zero-order chi connectivity index (χ0) is 23.5. The van der Waals surface area contributed by atoms with Crippen LogP contribution in [-0.2, 0) is 4.79 Å². The van der Waals surface area contributed by atoms with Gasteiger partial charge in [-0.15, -0.1) is 0 Å². The van der Waals surface area contributed by atoms with Gasteiger partial charge in [-0.1, -0.05) is 25.0 Å². The topological polar surface area (TPSA) is 86.3 Å². The van der Waals surface area contributed by atoms with Crippen LogP contribution >= 0.6 is 0 Å². The lowest BCUT2D eigenvalue weighted by atomic mass is 9.84. The second-order valence-corrected chi connectivity index (χ2v) is 8.93. The Bertz CT molecular complexity index is 1060. The first kappa shape index (κ1) is 22.4. The molecule has 3 aliphatic rings. The van der Waals surface area contributed by atoms with Gasteiger partial charge in [0.25, 0.3) is 5.91 Å². The molecule has 5 rings (SSSR count). The van der Waals surface area contributed by atoms with E-state index in [2.05, 4.69) is 5.32 Å². The Morgan fingerprint density at radius 1 is 1.09 bits per heavy atom. The molecule has 34 heavy (non-hydrogen) atoms. The SMILES string of the molecule is COc1ccccc1C(=O)N1C(C(=O)NCCOc2ccc3c(c2)OCO3)CC2CCCCC21. The quantitative estimate of drug-likeness (QED) is 0.630. The minimum absolute atomic E-state index is 0.0896. The summed E-state index contributed by atoms with van der Waals surface area (Å²) < 4.78 is 21.9. The van der Waals surface area contributed by atoms with E-state index >= 15 is 0 Å². The largest absolute Gasteiger partial charge is 0.496 e. The molecular weight excluding hydrogens is 436 g/mol. The maximum absolute atomic E-state index is 13.6. The van der Waals surface area contributed by atoms with Crippen molar-refractivity contribution in [2.75, 3.05) is 27.1 Å². The van der Waals surface area contributed by atoms with Gasteiger partial charge < -0.3 is 29.2 Å². The summed E-state index contributed by atoms with van der Waals surface area (Å²) in [6, 6.07) is 12.2. The number of fused-ring (bicyclic) bond motifs is 2. The number of hydrogen-bond donors (Lipinski definition) is 1. The second-order valence-electron chi connectivity index (χ2n) is 8.93. The Balaban J connectivity index is 1.24. The molecule has 1 saturated carbocycles. The first-order chi connectivity index (χ1) is 16.7. The fourth-order valence-corrected chi connectivity index (χ4v) is 5.37. The Morgan fingerprint density at radius 2 is 1.91 bits per heavy atom. The molecule has 2 amide bonds. The highest BCUT2D eigenvalue weighted by molar-refractivity contribution is 6.00. The molecule has 0 aromatic heterocycles. The number of carbonyl (C=O) groups excluding carboxylic acids is 2. The molecule has 8 heteroatoms. The minimum atomic E-state index is -0.490. The number of amides is 2. The van der Waals surface area contributed by atoms with Crippen molar-refractivity contribution in [1.29, 1.82) is 0 Å². The molecule has 8 nitrogen and oxygen atoms in total. The monoisotopic (exact) mass is 466 g/mol. The van der Waals surface area contributed by atoms with E-state index in [0.29, 0.717) is 54.1 Å². The third-order valence-electron chi connectivity index (χ3n) is 6.98. The molecular formula is C26H30N2O6. The summed E-state index contributed by atoms with van der Waals surface area (Å²) in [6.45, 7) is 0.865. The fourth-order valence-electron chi connectivity index (χ4n) is 5.37. The van der Waals surface area contributed by atoms with Gasteiger partial charge in [0, 0.05) is 12.1 Å². The number of benzene rings is 2. The average molecular weight is 467 g/mol. The Hall–Kier alpha value is -3.42. The zero-order valence-electron chi connectivity index (χ0n) is 19.3. The van der Waals surface area contributed by atoms with Gasteiger partial charge in [0.1, 0.15) is 24.1 Å². The molecule has 2 heterocycles. The third-order valence-corrected chi connectivity index (χ3v) is 6.98. The van der Waals surface area contributed by atoms with Gasteiger partial charge in [-0.05, 0) is 49.4 Å². The van der Waals surface area contributed by atoms with Crippen LogP contribution in [0.1, 0.15) is 42.5 Å². The molecule has 1 aliphatic carbocycles. The molecule has 3 atom stereocenters.